The summed E-state index contributed by atoms with van der Waals surface area (Å²) < 4.78 is 5.23. The number of rotatable bonds is 4. The van der Waals surface area contributed by atoms with Crippen molar-refractivity contribution in [3.05, 3.63) is 12.3 Å². The van der Waals surface area contributed by atoms with Crippen LogP contribution in [0, 0.1) is 0 Å². The van der Waals surface area contributed by atoms with Crippen LogP contribution in [0.4, 0.5) is 0 Å². The zero-order valence-electron chi connectivity index (χ0n) is 6.61. The second kappa shape index (κ2) is 4.62. The Labute approximate surface area is 60.5 Å². The van der Waals surface area contributed by atoms with Gasteiger partial charge in [-0.1, -0.05) is 13.5 Å². The van der Waals surface area contributed by atoms with Crippen LogP contribution in [0.2, 0.25) is 5.54 Å². The maximum atomic E-state index is 5.23. The largest absolute Gasteiger partial charge is 0.499 e. The maximum Gasteiger partial charge on any atom is 0.0882 e. The molecule has 0 rings (SSSR count). The van der Waals surface area contributed by atoms with E-state index in [1.54, 1.807) is 0 Å². The topological polar surface area (TPSA) is 9.23 Å². The molecule has 0 heterocycles. The van der Waals surface area contributed by atoms with E-state index in [2.05, 4.69) is 13.5 Å². The van der Waals surface area contributed by atoms with Gasteiger partial charge >= 0.3 is 0 Å². The van der Waals surface area contributed by atoms with Gasteiger partial charge in [0.2, 0.25) is 0 Å². The van der Waals surface area contributed by atoms with Crippen LogP contribution in [-0.4, -0.2) is 16.8 Å². The first kappa shape index (κ1) is 8.76. The Morgan fingerprint density at radius 3 is 2.56 bits per heavy atom. The molecule has 0 amide bonds. The van der Waals surface area contributed by atoms with Gasteiger partial charge in [0.25, 0.3) is 0 Å². The number of hydrogen-bond acceptors (Lipinski definition) is 1. The molecule has 54 valence electrons. The molecule has 0 spiro atoms. The summed E-state index contributed by atoms with van der Waals surface area (Å²) >= 11 is 0. The van der Waals surface area contributed by atoms with Crippen molar-refractivity contribution in [2.75, 3.05) is 6.61 Å². The Morgan fingerprint density at radius 1 is 1.67 bits per heavy atom. The van der Waals surface area contributed by atoms with E-state index in [9.17, 15) is 0 Å². The fourth-order valence-electron chi connectivity index (χ4n) is 0.555. The van der Waals surface area contributed by atoms with Crippen LogP contribution in [0.5, 0.6) is 0 Å². The predicted octanol–water partition coefficient (Wildman–Crippen LogP) is 1.10. The Hall–Kier alpha value is -0.243. The molecular weight excluding hydrogens is 128 g/mol. The van der Waals surface area contributed by atoms with E-state index in [1.807, 2.05) is 6.92 Å². The van der Waals surface area contributed by atoms with Crippen LogP contribution < -0.4 is 0 Å². The van der Waals surface area contributed by atoms with Crippen molar-refractivity contribution in [3.63, 3.8) is 0 Å². The van der Waals surface area contributed by atoms with Gasteiger partial charge < -0.3 is 4.74 Å². The smallest absolute Gasteiger partial charge is 0.0882 e. The molecule has 0 aromatic rings. The minimum atomic E-state index is 0.643. The van der Waals surface area contributed by atoms with Crippen molar-refractivity contribution in [3.8, 4) is 0 Å². The molecule has 0 bridgehead atoms. The summed E-state index contributed by atoms with van der Waals surface area (Å²) in [5.41, 5.74) is 0.643. The van der Waals surface area contributed by atoms with Gasteiger partial charge in [-0.3, -0.25) is 0 Å². The fraction of sp³-hybridized carbons (Fsp3) is 0.714. The molecule has 0 aromatic heterocycles. The number of allylic oxidation sites excluding steroid dienone is 1. The molecule has 9 heavy (non-hydrogen) atoms. The second-order valence-corrected chi connectivity index (χ2v) is 3.60. The summed E-state index contributed by atoms with van der Waals surface area (Å²) in [6.07, 6.45) is 1.17. The lowest BCUT2D eigenvalue weighted by molar-refractivity contribution is 0.220. The van der Waals surface area contributed by atoms with Crippen LogP contribution >= 0.6 is 0 Å². The summed E-state index contributed by atoms with van der Waals surface area (Å²) in [5.74, 6) is 0.978. The average molecular weight is 144 g/mol. The van der Waals surface area contributed by atoms with Crippen molar-refractivity contribution in [2.24, 2.45) is 0 Å². The van der Waals surface area contributed by atoms with E-state index in [4.69, 9.17) is 4.74 Å². The van der Waals surface area contributed by atoms with Crippen LogP contribution in [0.15, 0.2) is 12.3 Å². The third-order valence-electron chi connectivity index (χ3n) is 1.49. The third kappa shape index (κ3) is 3.35. The highest BCUT2D eigenvalue weighted by molar-refractivity contribution is 6.13. The normalized spacial score (nSPS) is 13.1. The molecular formula is C7H16OSi. The molecule has 0 N–H and O–H groups in total. The highest BCUT2D eigenvalue weighted by Gasteiger charge is 2.02. The highest BCUT2D eigenvalue weighted by Crippen LogP contribution is 2.15. The zero-order valence-corrected chi connectivity index (χ0v) is 8.61. The van der Waals surface area contributed by atoms with Crippen molar-refractivity contribution in [1.82, 2.24) is 0 Å². The van der Waals surface area contributed by atoms with Gasteiger partial charge in [0.05, 0.1) is 12.4 Å². The van der Waals surface area contributed by atoms with Crippen molar-refractivity contribution < 1.29 is 4.74 Å². The van der Waals surface area contributed by atoms with Gasteiger partial charge in [0, 0.05) is 15.8 Å². The molecule has 0 saturated carbocycles. The molecule has 1 atom stereocenters. The minimum Gasteiger partial charge on any atom is -0.499 e. The monoisotopic (exact) mass is 144 g/mol. The van der Waals surface area contributed by atoms with E-state index in [0.29, 0.717) is 5.54 Å². The summed E-state index contributed by atoms with van der Waals surface area (Å²) in [7, 11) is 1.16. The highest BCUT2D eigenvalue weighted by atomic mass is 28.1. The first-order chi connectivity index (χ1) is 4.22. The zero-order chi connectivity index (χ0) is 7.28. The maximum absolute atomic E-state index is 5.23. The predicted molar refractivity (Wildman–Crippen MR) is 44.7 cm³/mol. The summed E-state index contributed by atoms with van der Waals surface area (Å²) in [4.78, 5) is 0. The van der Waals surface area contributed by atoms with E-state index < -0.39 is 0 Å². The van der Waals surface area contributed by atoms with Crippen molar-refractivity contribution in [2.45, 2.75) is 25.8 Å². The molecule has 0 radical (unpaired) electrons. The standard InChI is InChI=1S/C7H16OSi/c1-4-7(9)6(3)8-5-2/h7H,3-5H2,1-2,9H3. The Balaban J connectivity index is 3.46. The van der Waals surface area contributed by atoms with Crippen molar-refractivity contribution >= 4 is 10.2 Å². The molecule has 0 aliphatic rings. The van der Waals surface area contributed by atoms with Gasteiger partial charge in [0.1, 0.15) is 0 Å². The quantitative estimate of drug-likeness (QED) is 0.424. The molecule has 1 unspecified atom stereocenters. The molecule has 0 aliphatic carbocycles. The van der Waals surface area contributed by atoms with Crippen molar-refractivity contribution in [1.29, 1.82) is 0 Å². The molecule has 0 saturated heterocycles. The summed E-state index contributed by atoms with van der Waals surface area (Å²) in [6, 6.07) is 0. The fourth-order valence-corrected chi connectivity index (χ4v) is 0.722. The first-order valence-corrected chi connectivity index (χ1v) is 4.69. The third-order valence-corrected chi connectivity index (χ3v) is 2.95. The van der Waals surface area contributed by atoms with Crippen LogP contribution in [0.25, 0.3) is 0 Å². The first-order valence-electron chi connectivity index (χ1n) is 3.53. The van der Waals surface area contributed by atoms with Gasteiger partial charge in [-0.2, -0.15) is 0 Å². The van der Waals surface area contributed by atoms with Crippen LogP contribution in [-0.2, 0) is 4.74 Å². The van der Waals surface area contributed by atoms with Gasteiger partial charge in [-0.05, 0) is 13.3 Å². The van der Waals surface area contributed by atoms with E-state index in [-0.39, 0.29) is 0 Å². The summed E-state index contributed by atoms with van der Waals surface area (Å²) in [5, 5.41) is 0. The molecule has 0 aromatic carbocycles. The second-order valence-electron chi connectivity index (χ2n) is 2.21. The molecule has 1 nitrogen and oxygen atoms in total. The Morgan fingerprint density at radius 2 is 2.22 bits per heavy atom. The van der Waals surface area contributed by atoms with Gasteiger partial charge in [-0.25, -0.2) is 0 Å². The van der Waals surface area contributed by atoms with Crippen LogP contribution in [0.1, 0.15) is 20.3 Å². The lowest BCUT2D eigenvalue weighted by Crippen LogP contribution is -1.98. The van der Waals surface area contributed by atoms with Gasteiger partial charge in [-0.15, -0.1) is 0 Å². The van der Waals surface area contributed by atoms with Gasteiger partial charge in [0.15, 0.2) is 0 Å². The summed E-state index contributed by atoms with van der Waals surface area (Å²) in [6.45, 7) is 8.75. The van der Waals surface area contributed by atoms with E-state index in [1.165, 1.54) is 6.42 Å². The van der Waals surface area contributed by atoms with E-state index in [0.717, 1.165) is 22.6 Å². The average Bonchev–Trinajstić information content (AvgIpc) is 1.87. The molecule has 0 fully saturated rings. The number of ether oxygens (including phenoxy) is 1. The SMILES string of the molecule is C=C(OCC)C([SiH3])CC. The Bertz CT molecular complexity index is 90.9. The lowest BCUT2D eigenvalue weighted by atomic mass is 10.3. The molecule has 0 aliphatic heterocycles. The molecule has 2 heteroatoms. The Kier molecular flexibility index (Phi) is 4.49. The van der Waals surface area contributed by atoms with Crippen LogP contribution in [0.3, 0.4) is 0 Å². The van der Waals surface area contributed by atoms with E-state index >= 15 is 0 Å². The lowest BCUT2D eigenvalue weighted by Gasteiger charge is -2.11. The minimum absolute atomic E-state index is 0.643. The number of hydrogen-bond donors (Lipinski definition) is 0.